The maximum atomic E-state index is 12.3. The van der Waals surface area contributed by atoms with Crippen molar-refractivity contribution < 1.29 is 24.6 Å². The van der Waals surface area contributed by atoms with Crippen LogP contribution in [0.3, 0.4) is 0 Å². The second-order valence-electron chi connectivity index (χ2n) is 5.76. The zero-order valence-corrected chi connectivity index (χ0v) is 13.3. The number of imidazole rings is 1. The molecule has 132 valence electrons. The molecule has 10 heteroatoms. The topological polar surface area (TPSA) is 151 Å². The van der Waals surface area contributed by atoms with Gasteiger partial charge in [-0.3, -0.25) is 14.4 Å². The Morgan fingerprint density at radius 3 is 2.88 bits per heavy atom. The van der Waals surface area contributed by atoms with Crippen LogP contribution in [0.4, 0.5) is 5.82 Å². The Kier molecular flexibility index (Phi) is 5.52. The van der Waals surface area contributed by atoms with E-state index in [1.54, 1.807) is 4.57 Å². The van der Waals surface area contributed by atoms with Gasteiger partial charge in [0.25, 0.3) is 5.91 Å². The SMILES string of the molecule is CC(O)CN(CCO)C(=O)CC1Cn2cnc(C(N)=O)c2NC1=O. The summed E-state index contributed by atoms with van der Waals surface area (Å²) in [7, 11) is 0. The van der Waals surface area contributed by atoms with Crippen molar-refractivity contribution in [1.82, 2.24) is 14.5 Å². The number of fused-ring (bicyclic) bond motifs is 1. The molecule has 1 aromatic heterocycles. The molecule has 0 bridgehead atoms. The third-order valence-electron chi connectivity index (χ3n) is 3.73. The predicted octanol–water partition coefficient (Wildman–Crippen LogP) is -1.86. The number of carbonyl (C=O) groups is 3. The van der Waals surface area contributed by atoms with Crippen LogP contribution < -0.4 is 11.1 Å². The number of nitrogens with zero attached hydrogens (tertiary/aromatic N) is 3. The summed E-state index contributed by atoms with van der Waals surface area (Å²) in [5, 5.41) is 21.0. The highest BCUT2D eigenvalue weighted by atomic mass is 16.3. The second-order valence-corrected chi connectivity index (χ2v) is 5.76. The van der Waals surface area contributed by atoms with Gasteiger partial charge in [0.15, 0.2) is 5.69 Å². The lowest BCUT2D eigenvalue weighted by atomic mass is 10.0. The number of carbonyl (C=O) groups excluding carboxylic acids is 3. The fourth-order valence-electron chi connectivity index (χ4n) is 2.63. The van der Waals surface area contributed by atoms with E-state index in [0.29, 0.717) is 0 Å². The number of aromatic nitrogens is 2. The van der Waals surface area contributed by atoms with Crippen LogP contribution in [0.5, 0.6) is 0 Å². The molecule has 0 aliphatic carbocycles. The molecule has 0 saturated carbocycles. The number of aliphatic hydroxyl groups excluding tert-OH is 2. The molecule has 24 heavy (non-hydrogen) atoms. The smallest absolute Gasteiger partial charge is 0.271 e. The molecule has 2 heterocycles. The summed E-state index contributed by atoms with van der Waals surface area (Å²) < 4.78 is 1.56. The molecule has 1 aliphatic rings. The summed E-state index contributed by atoms with van der Waals surface area (Å²) >= 11 is 0. The second kappa shape index (κ2) is 7.41. The fraction of sp³-hybridized carbons (Fsp3) is 0.571. The lowest BCUT2D eigenvalue weighted by Crippen LogP contribution is -2.42. The van der Waals surface area contributed by atoms with Crippen molar-refractivity contribution in [2.45, 2.75) is 26.0 Å². The summed E-state index contributed by atoms with van der Waals surface area (Å²) in [5.41, 5.74) is 5.16. The molecule has 0 aromatic carbocycles. The summed E-state index contributed by atoms with van der Waals surface area (Å²) in [6, 6.07) is 0. The molecule has 0 saturated heterocycles. The number of amides is 3. The standard InChI is InChI=1S/C14H21N5O5/c1-8(21)5-18(2-3-20)10(22)4-9-6-19-7-16-11(12(15)23)13(19)17-14(9)24/h7-9,20-21H,2-6H2,1H3,(H2,15,23)(H,17,24). The monoisotopic (exact) mass is 339 g/mol. The van der Waals surface area contributed by atoms with E-state index < -0.39 is 23.8 Å². The average molecular weight is 339 g/mol. The number of hydrogen-bond donors (Lipinski definition) is 4. The normalized spacial score (nSPS) is 17.8. The highest BCUT2D eigenvalue weighted by molar-refractivity contribution is 6.02. The first-order chi connectivity index (χ1) is 11.3. The molecule has 1 aromatic rings. The summed E-state index contributed by atoms with van der Waals surface area (Å²) in [5.74, 6) is -1.91. The maximum Gasteiger partial charge on any atom is 0.271 e. The van der Waals surface area contributed by atoms with Crippen molar-refractivity contribution in [3.8, 4) is 0 Å². The minimum atomic E-state index is -0.746. The van der Waals surface area contributed by atoms with E-state index in [2.05, 4.69) is 10.3 Å². The first-order valence-electron chi connectivity index (χ1n) is 7.56. The number of anilines is 1. The molecule has 0 fully saturated rings. The molecule has 2 unspecified atom stereocenters. The molecule has 0 radical (unpaired) electrons. The van der Waals surface area contributed by atoms with Crippen molar-refractivity contribution in [1.29, 1.82) is 0 Å². The van der Waals surface area contributed by atoms with Gasteiger partial charge in [0, 0.05) is 26.1 Å². The molecule has 10 nitrogen and oxygen atoms in total. The first kappa shape index (κ1) is 17.9. The van der Waals surface area contributed by atoms with Crippen molar-refractivity contribution in [3.05, 3.63) is 12.0 Å². The maximum absolute atomic E-state index is 12.3. The van der Waals surface area contributed by atoms with Gasteiger partial charge in [-0.1, -0.05) is 0 Å². The molecule has 5 N–H and O–H groups in total. The van der Waals surface area contributed by atoms with E-state index in [-0.39, 0.29) is 50.1 Å². The predicted molar refractivity (Wildman–Crippen MR) is 82.8 cm³/mol. The third kappa shape index (κ3) is 3.89. The van der Waals surface area contributed by atoms with Gasteiger partial charge in [-0.2, -0.15) is 0 Å². The Morgan fingerprint density at radius 2 is 2.29 bits per heavy atom. The minimum absolute atomic E-state index is 0.0239. The summed E-state index contributed by atoms with van der Waals surface area (Å²) in [6.45, 7) is 1.65. The molecule has 2 atom stereocenters. The Balaban J connectivity index is 2.08. The number of aliphatic hydroxyl groups is 2. The Labute approximate surface area is 138 Å². The Hall–Kier alpha value is -2.46. The van der Waals surface area contributed by atoms with Crippen LogP contribution in [0.25, 0.3) is 0 Å². The molecule has 1 aliphatic heterocycles. The van der Waals surface area contributed by atoms with Crippen LogP contribution in [0.15, 0.2) is 6.33 Å². The highest BCUT2D eigenvalue weighted by Crippen LogP contribution is 2.24. The lowest BCUT2D eigenvalue weighted by molar-refractivity contribution is -0.137. The van der Waals surface area contributed by atoms with Gasteiger partial charge in [0.2, 0.25) is 11.8 Å². The van der Waals surface area contributed by atoms with E-state index in [0.717, 1.165) is 0 Å². The highest BCUT2D eigenvalue weighted by Gasteiger charge is 2.32. The zero-order valence-electron chi connectivity index (χ0n) is 13.3. The summed E-state index contributed by atoms with van der Waals surface area (Å²) in [4.78, 5) is 41.0. The number of nitrogens with one attached hydrogen (secondary N) is 1. The fourth-order valence-corrected chi connectivity index (χ4v) is 2.63. The van der Waals surface area contributed by atoms with E-state index in [4.69, 9.17) is 10.8 Å². The number of rotatable bonds is 7. The van der Waals surface area contributed by atoms with Crippen LogP contribution >= 0.6 is 0 Å². The average Bonchev–Trinajstić information content (AvgIpc) is 2.89. The van der Waals surface area contributed by atoms with E-state index in [9.17, 15) is 19.5 Å². The van der Waals surface area contributed by atoms with Crippen molar-refractivity contribution in [3.63, 3.8) is 0 Å². The van der Waals surface area contributed by atoms with E-state index >= 15 is 0 Å². The molecule has 2 rings (SSSR count). The van der Waals surface area contributed by atoms with Crippen LogP contribution in [0, 0.1) is 5.92 Å². The number of hydrogen-bond acceptors (Lipinski definition) is 6. The van der Waals surface area contributed by atoms with Crippen molar-refractivity contribution >= 4 is 23.5 Å². The quantitative estimate of drug-likeness (QED) is 0.457. The van der Waals surface area contributed by atoms with Gasteiger partial charge in [-0.05, 0) is 6.92 Å². The Morgan fingerprint density at radius 1 is 1.58 bits per heavy atom. The first-order valence-corrected chi connectivity index (χ1v) is 7.56. The van der Waals surface area contributed by atoms with Gasteiger partial charge in [0.1, 0.15) is 5.82 Å². The molecular formula is C14H21N5O5. The summed E-state index contributed by atoms with van der Waals surface area (Å²) in [6.07, 6.45) is 0.564. The van der Waals surface area contributed by atoms with Gasteiger partial charge < -0.3 is 30.7 Å². The van der Waals surface area contributed by atoms with E-state index in [1.807, 2.05) is 0 Å². The molecule has 0 spiro atoms. The number of primary amides is 1. The third-order valence-corrected chi connectivity index (χ3v) is 3.73. The van der Waals surface area contributed by atoms with Crippen LogP contribution in [0.2, 0.25) is 0 Å². The zero-order chi connectivity index (χ0) is 17.9. The van der Waals surface area contributed by atoms with Crippen LogP contribution in [-0.4, -0.2) is 68.2 Å². The van der Waals surface area contributed by atoms with Gasteiger partial charge in [0.05, 0.1) is 25.0 Å². The number of nitrogens with two attached hydrogens (primary N) is 1. The minimum Gasteiger partial charge on any atom is -0.395 e. The molecular weight excluding hydrogens is 318 g/mol. The van der Waals surface area contributed by atoms with Gasteiger partial charge in [-0.25, -0.2) is 4.98 Å². The van der Waals surface area contributed by atoms with Crippen molar-refractivity contribution in [2.24, 2.45) is 11.7 Å². The Bertz CT molecular complexity index is 641. The van der Waals surface area contributed by atoms with E-state index in [1.165, 1.54) is 18.2 Å². The largest absolute Gasteiger partial charge is 0.395 e. The van der Waals surface area contributed by atoms with Crippen LogP contribution in [-0.2, 0) is 16.1 Å². The lowest BCUT2D eigenvalue weighted by Gasteiger charge is -2.28. The molecule has 3 amide bonds. The van der Waals surface area contributed by atoms with Gasteiger partial charge in [-0.15, -0.1) is 0 Å². The van der Waals surface area contributed by atoms with Gasteiger partial charge >= 0.3 is 0 Å². The van der Waals surface area contributed by atoms with Crippen LogP contribution in [0.1, 0.15) is 23.8 Å². The van der Waals surface area contributed by atoms with Crippen molar-refractivity contribution in [2.75, 3.05) is 25.0 Å².